The number of aromatic nitrogens is 1. The van der Waals surface area contributed by atoms with Crippen molar-refractivity contribution in [2.45, 2.75) is 33.2 Å². The Labute approximate surface area is 154 Å². The van der Waals surface area contributed by atoms with Crippen molar-refractivity contribution in [3.05, 3.63) is 45.9 Å². The number of nitrogens with zero attached hydrogens (tertiary/aromatic N) is 3. The molecule has 0 aliphatic carbocycles. The molecule has 5 nitrogen and oxygen atoms in total. The van der Waals surface area contributed by atoms with Gasteiger partial charge in [-0.1, -0.05) is 19.1 Å². The van der Waals surface area contributed by atoms with E-state index in [1.807, 2.05) is 12.1 Å². The van der Waals surface area contributed by atoms with Gasteiger partial charge in [-0.3, -0.25) is 4.99 Å². The van der Waals surface area contributed by atoms with Crippen molar-refractivity contribution < 1.29 is 4.74 Å². The number of hydrogen-bond acceptors (Lipinski definition) is 4. The highest BCUT2D eigenvalue weighted by molar-refractivity contribution is 7.09. The van der Waals surface area contributed by atoms with Gasteiger partial charge in [-0.05, 0) is 31.0 Å². The average Bonchev–Trinajstić information content (AvgIpc) is 3.09. The minimum Gasteiger partial charge on any atom is -0.497 e. The summed E-state index contributed by atoms with van der Waals surface area (Å²) < 4.78 is 5.21. The van der Waals surface area contributed by atoms with E-state index in [2.05, 4.69) is 53.6 Å². The summed E-state index contributed by atoms with van der Waals surface area (Å²) in [5.74, 6) is 1.80. The van der Waals surface area contributed by atoms with Gasteiger partial charge in [0.05, 0.1) is 17.8 Å². The second kappa shape index (κ2) is 10.0. The number of hydrogen-bond donors (Lipinski definition) is 1. The van der Waals surface area contributed by atoms with Crippen LogP contribution in [0.2, 0.25) is 0 Å². The van der Waals surface area contributed by atoms with Crippen LogP contribution in [0.3, 0.4) is 0 Å². The molecule has 0 bridgehead atoms. The maximum absolute atomic E-state index is 5.21. The average molecular weight is 361 g/mol. The first-order chi connectivity index (χ1) is 12.2. The first-order valence-electron chi connectivity index (χ1n) is 8.71. The first-order valence-corrected chi connectivity index (χ1v) is 9.59. The topological polar surface area (TPSA) is 49.8 Å². The molecule has 0 amide bonds. The van der Waals surface area contributed by atoms with Crippen LogP contribution < -0.4 is 10.1 Å². The van der Waals surface area contributed by atoms with Crippen LogP contribution in [0.4, 0.5) is 0 Å². The molecule has 0 unspecified atom stereocenters. The number of nitrogens with one attached hydrogen (secondary N) is 1. The van der Waals surface area contributed by atoms with Gasteiger partial charge in [0, 0.05) is 38.5 Å². The number of aliphatic imine (C=N–C) groups is 1. The summed E-state index contributed by atoms with van der Waals surface area (Å²) >= 11 is 1.73. The molecule has 6 heteroatoms. The molecule has 0 aliphatic rings. The number of aryl methyl sites for hydroxylation is 1. The van der Waals surface area contributed by atoms with Gasteiger partial charge in [-0.25, -0.2) is 4.98 Å². The van der Waals surface area contributed by atoms with E-state index in [9.17, 15) is 0 Å². The second-order valence-corrected chi connectivity index (χ2v) is 6.72. The maximum Gasteiger partial charge on any atom is 0.193 e. The van der Waals surface area contributed by atoms with Gasteiger partial charge in [0.15, 0.2) is 5.96 Å². The largest absolute Gasteiger partial charge is 0.497 e. The van der Waals surface area contributed by atoms with E-state index in [0.29, 0.717) is 0 Å². The fraction of sp³-hybridized carbons (Fsp3) is 0.474. The molecule has 2 aromatic rings. The second-order valence-electron chi connectivity index (χ2n) is 5.78. The smallest absolute Gasteiger partial charge is 0.193 e. The fourth-order valence-corrected chi connectivity index (χ4v) is 3.23. The van der Waals surface area contributed by atoms with E-state index in [4.69, 9.17) is 9.73 Å². The van der Waals surface area contributed by atoms with E-state index in [1.165, 1.54) is 10.6 Å². The lowest BCUT2D eigenvalue weighted by molar-refractivity contribution is 0.414. The molecular weight excluding hydrogens is 332 g/mol. The van der Waals surface area contributed by atoms with Gasteiger partial charge in [0.2, 0.25) is 0 Å². The normalized spacial score (nSPS) is 11.4. The molecule has 136 valence electrons. The molecule has 0 saturated heterocycles. The Morgan fingerprint density at radius 3 is 2.64 bits per heavy atom. The highest BCUT2D eigenvalue weighted by Crippen LogP contribution is 2.13. The molecule has 1 aromatic heterocycles. The minimum atomic E-state index is 0.738. The van der Waals surface area contributed by atoms with E-state index in [-0.39, 0.29) is 0 Å². The quantitative estimate of drug-likeness (QED) is 0.579. The summed E-state index contributed by atoms with van der Waals surface area (Å²) in [6.07, 6.45) is 1.88. The van der Waals surface area contributed by atoms with Crippen LogP contribution in [0.5, 0.6) is 5.75 Å². The molecule has 1 heterocycles. The van der Waals surface area contributed by atoms with E-state index in [0.717, 1.165) is 49.9 Å². The predicted molar refractivity (Wildman–Crippen MR) is 106 cm³/mol. The Morgan fingerprint density at radius 2 is 2.04 bits per heavy atom. The van der Waals surface area contributed by atoms with Gasteiger partial charge in [0.25, 0.3) is 0 Å². The van der Waals surface area contributed by atoms with Gasteiger partial charge in [0.1, 0.15) is 5.75 Å². The number of benzene rings is 1. The summed E-state index contributed by atoms with van der Waals surface area (Å²) in [6.45, 7) is 6.61. The zero-order chi connectivity index (χ0) is 18.1. The van der Waals surface area contributed by atoms with Gasteiger partial charge < -0.3 is 15.0 Å². The predicted octanol–water partition coefficient (Wildman–Crippen LogP) is 3.35. The van der Waals surface area contributed by atoms with E-state index >= 15 is 0 Å². The Morgan fingerprint density at radius 1 is 1.28 bits per heavy atom. The number of ether oxygens (including phenoxy) is 1. The van der Waals surface area contributed by atoms with Crippen LogP contribution in [0, 0.1) is 0 Å². The first kappa shape index (κ1) is 19.2. The third-order valence-corrected chi connectivity index (χ3v) is 4.85. The van der Waals surface area contributed by atoms with Crippen LogP contribution >= 0.6 is 11.3 Å². The van der Waals surface area contributed by atoms with Gasteiger partial charge in [-0.2, -0.15) is 0 Å². The van der Waals surface area contributed by atoms with Crippen molar-refractivity contribution in [1.82, 2.24) is 15.2 Å². The van der Waals surface area contributed by atoms with Gasteiger partial charge in [-0.15, -0.1) is 11.3 Å². The lowest BCUT2D eigenvalue weighted by atomic mass is 10.2. The van der Waals surface area contributed by atoms with Gasteiger partial charge >= 0.3 is 0 Å². The lowest BCUT2D eigenvalue weighted by Gasteiger charge is -2.22. The van der Waals surface area contributed by atoms with Crippen LogP contribution in [-0.4, -0.2) is 43.1 Å². The molecular formula is C19H28N4OS. The van der Waals surface area contributed by atoms with Crippen molar-refractivity contribution in [3.63, 3.8) is 0 Å². The highest BCUT2D eigenvalue weighted by atomic mass is 32.1. The van der Waals surface area contributed by atoms with Crippen LogP contribution in [0.15, 0.2) is 34.6 Å². The van der Waals surface area contributed by atoms with Crippen molar-refractivity contribution in [3.8, 4) is 5.75 Å². The van der Waals surface area contributed by atoms with Crippen molar-refractivity contribution in [2.75, 3.05) is 27.2 Å². The van der Waals surface area contributed by atoms with Crippen molar-refractivity contribution in [2.24, 2.45) is 4.99 Å². The number of methoxy groups -OCH3 is 1. The molecule has 0 aliphatic heterocycles. The zero-order valence-electron chi connectivity index (χ0n) is 15.6. The highest BCUT2D eigenvalue weighted by Gasteiger charge is 2.07. The fourth-order valence-electron chi connectivity index (χ4n) is 2.45. The molecule has 0 spiro atoms. The summed E-state index contributed by atoms with van der Waals surface area (Å²) in [6, 6.07) is 8.14. The standard InChI is InChI=1S/C19H28N4OS/c1-5-18-22-16(14-25-18)11-12-21-19(20-6-2)23(3)13-15-7-9-17(24-4)10-8-15/h7-10,14H,5-6,11-13H2,1-4H3,(H,20,21). The summed E-state index contributed by atoms with van der Waals surface area (Å²) in [5.41, 5.74) is 2.36. The summed E-state index contributed by atoms with van der Waals surface area (Å²) in [7, 11) is 3.74. The molecule has 0 saturated carbocycles. The maximum atomic E-state index is 5.21. The summed E-state index contributed by atoms with van der Waals surface area (Å²) in [5, 5.41) is 6.70. The van der Waals surface area contributed by atoms with E-state index in [1.54, 1.807) is 18.4 Å². The molecule has 2 rings (SSSR count). The Hall–Kier alpha value is -2.08. The Kier molecular flexibility index (Phi) is 7.73. The molecule has 0 fully saturated rings. The molecule has 1 aromatic carbocycles. The monoisotopic (exact) mass is 360 g/mol. The third-order valence-electron chi connectivity index (χ3n) is 3.81. The van der Waals surface area contributed by atoms with Crippen LogP contribution in [-0.2, 0) is 19.4 Å². The molecule has 25 heavy (non-hydrogen) atoms. The Bertz CT molecular complexity index is 666. The summed E-state index contributed by atoms with van der Waals surface area (Å²) in [4.78, 5) is 11.5. The van der Waals surface area contributed by atoms with Crippen LogP contribution in [0.25, 0.3) is 0 Å². The number of rotatable bonds is 8. The van der Waals surface area contributed by atoms with Crippen molar-refractivity contribution in [1.29, 1.82) is 0 Å². The number of thiazole rings is 1. The van der Waals surface area contributed by atoms with E-state index < -0.39 is 0 Å². The third kappa shape index (κ3) is 6.05. The lowest BCUT2D eigenvalue weighted by Crippen LogP contribution is -2.38. The molecule has 0 radical (unpaired) electrons. The van der Waals surface area contributed by atoms with Crippen LogP contribution in [0.1, 0.15) is 30.1 Å². The van der Waals surface area contributed by atoms with Crippen molar-refractivity contribution >= 4 is 17.3 Å². The Balaban J connectivity index is 1.94. The zero-order valence-corrected chi connectivity index (χ0v) is 16.4. The molecule has 0 atom stereocenters. The SMILES string of the molecule is CCNC(=NCCc1csc(CC)n1)N(C)Cc1ccc(OC)cc1. The molecule has 1 N–H and O–H groups in total. The minimum absolute atomic E-state index is 0.738. The number of guanidine groups is 1.